The lowest BCUT2D eigenvalue weighted by Gasteiger charge is -2.16. The molecular weight excluding hydrogens is 226 g/mol. The first kappa shape index (κ1) is 11.7. The minimum Gasteiger partial charge on any atom is -0.508 e. The van der Waals surface area contributed by atoms with Crippen LogP contribution in [-0.4, -0.2) is 34.8 Å². The van der Waals surface area contributed by atoms with Gasteiger partial charge in [0.2, 0.25) is 0 Å². The van der Waals surface area contributed by atoms with E-state index < -0.39 is 0 Å². The van der Waals surface area contributed by atoms with Crippen molar-refractivity contribution in [3.8, 4) is 5.75 Å². The van der Waals surface area contributed by atoms with Gasteiger partial charge in [-0.25, -0.2) is 0 Å². The molecule has 1 saturated heterocycles. The van der Waals surface area contributed by atoms with Crippen molar-refractivity contribution in [2.24, 2.45) is 5.92 Å². The van der Waals surface area contributed by atoms with Gasteiger partial charge in [-0.05, 0) is 37.1 Å². The molecule has 1 unspecified atom stereocenters. The van der Waals surface area contributed by atoms with Gasteiger partial charge in [0.25, 0.3) is 0 Å². The number of rotatable bonds is 3. The molecule has 4 heteroatoms. The van der Waals surface area contributed by atoms with Crippen LogP contribution in [0.3, 0.4) is 0 Å². The molecule has 1 aliphatic rings. The highest BCUT2D eigenvalue weighted by atomic mass is 35.5. The molecule has 1 aromatic rings. The van der Waals surface area contributed by atoms with E-state index in [-0.39, 0.29) is 12.4 Å². The zero-order valence-electron chi connectivity index (χ0n) is 9.06. The first-order valence-corrected chi connectivity index (χ1v) is 5.87. The minimum absolute atomic E-state index is 0.248. The topological polar surface area (TPSA) is 43.7 Å². The highest BCUT2D eigenvalue weighted by Crippen LogP contribution is 2.25. The Morgan fingerprint density at radius 2 is 2.25 bits per heavy atom. The van der Waals surface area contributed by atoms with E-state index in [0.29, 0.717) is 17.5 Å². The van der Waals surface area contributed by atoms with Crippen molar-refractivity contribution in [2.75, 3.05) is 19.7 Å². The Labute approximate surface area is 100 Å². The van der Waals surface area contributed by atoms with Gasteiger partial charge in [-0.3, -0.25) is 4.90 Å². The smallest absolute Gasteiger partial charge is 0.120 e. The van der Waals surface area contributed by atoms with Crippen LogP contribution in [0.15, 0.2) is 18.2 Å². The Morgan fingerprint density at radius 3 is 2.94 bits per heavy atom. The third-order valence-corrected chi connectivity index (χ3v) is 3.30. The van der Waals surface area contributed by atoms with E-state index in [1.165, 1.54) is 0 Å². The molecule has 0 bridgehead atoms. The van der Waals surface area contributed by atoms with Crippen LogP contribution in [0.5, 0.6) is 5.75 Å². The standard InChI is InChI=1S/C12H16ClNO2/c13-11-1-2-12(16)10(5-11)7-14-4-3-9(6-14)8-15/h1-2,5,9,15-16H,3-4,6-8H2. The van der Waals surface area contributed by atoms with Crippen LogP contribution in [0, 0.1) is 5.92 Å². The van der Waals surface area contributed by atoms with Gasteiger partial charge in [0, 0.05) is 30.3 Å². The Morgan fingerprint density at radius 1 is 1.44 bits per heavy atom. The molecule has 0 amide bonds. The normalized spacial score (nSPS) is 21.5. The summed E-state index contributed by atoms with van der Waals surface area (Å²) in [7, 11) is 0. The van der Waals surface area contributed by atoms with E-state index in [1.807, 2.05) is 0 Å². The number of benzene rings is 1. The van der Waals surface area contributed by atoms with Crippen molar-refractivity contribution in [1.82, 2.24) is 4.90 Å². The lowest BCUT2D eigenvalue weighted by atomic mass is 10.1. The van der Waals surface area contributed by atoms with Crippen LogP contribution in [-0.2, 0) is 6.54 Å². The number of aliphatic hydroxyl groups is 1. The lowest BCUT2D eigenvalue weighted by molar-refractivity contribution is 0.219. The number of hydrogen-bond acceptors (Lipinski definition) is 3. The van der Waals surface area contributed by atoms with Gasteiger partial charge in [-0.15, -0.1) is 0 Å². The number of phenols is 1. The zero-order chi connectivity index (χ0) is 11.5. The zero-order valence-corrected chi connectivity index (χ0v) is 9.82. The average molecular weight is 242 g/mol. The molecule has 1 atom stereocenters. The number of nitrogens with zero attached hydrogens (tertiary/aromatic N) is 1. The summed E-state index contributed by atoms with van der Waals surface area (Å²) in [5.74, 6) is 0.665. The van der Waals surface area contributed by atoms with Crippen molar-refractivity contribution in [2.45, 2.75) is 13.0 Å². The second-order valence-corrected chi connectivity index (χ2v) is 4.78. The van der Waals surface area contributed by atoms with Gasteiger partial charge < -0.3 is 10.2 Å². The molecule has 1 heterocycles. The molecule has 1 aliphatic heterocycles. The molecule has 2 N–H and O–H groups in total. The quantitative estimate of drug-likeness (QED) is 0.849. The van der Waals surface area contributed by atoms with Crippen LogP contribution >= 0.6 is 11.6 Å². The first-order valence-electron chi connectivity index (χ1n) is 5.49. The fourth-order valence-corrected chi connectivity index (χ4v) is 2.32. The van der Waals surface area contributed by atoms with E-state index in [1.54, 1.807) is 18.2 Å². The summed E-state index contributed by atoms with van der Waals surface area (Å²) in [6, 6.07) is 5.10. The maximum absolute atomic E-state index is 9.68. The SMILES string of the molecule is OCC1CCN(Cc2cc(Cl)ccc2O)C1. The number of phenolic OH excluding ortho intramolecular Hbond substituents is 1. The molecule has 1 fully saturated rings. The van der Waals surface area contributed by atoms with E-state index in [4.69, 9.17) is 16.7 Å². The fourth-order valence-electron chi connectivity index (χ4n) is 2.13. The van der Waals surface area contributed by atoms with Gasteiger partial charge >= 0.3 is 0 Å². The maximum atomic E-state index is 9.68. The van der Waals surface area contributed by atoms with Gasteiger partial charge in [-0.1, -0.05) is 11.6 Å². The van der Waals surface area contributed by atoms with Crippen LogP contribution in [0.4, 0.5) is 0 Å². The maximum Gasteiger partial charge on any atom is 0.120 e. The monoisotopic (exact) mass is 241 g/mol. The summed E-state index contributed by atoms with van der Waals surface area (Å²) in [6.45, 7) is 2.81. The molecule has 16 heavy (non-hydrogen) atoms. The predicted molar refractivity (Wildman–Crippen MR) is 63.6 cm³/mol. The molecule has 0 aliphatic carbocycles. The Hall–Kier alpha value is -0.770. The number of halogens is 1. The largest absolute Gasteiger partial charge is 0.508 e. The van der Waals surface area contributed by atoms with Crippen molar-refractivity contribution >= 4 is 11.6 Å². The summed E-state index contributed by atoms with van der Waals surface area (Å²) >= 11 is 5.89. The third kappa shape index (κ3) is 2.67. The van der Waals surface area contributed by atoms with Crippen molar-refractivity contribution in [1.29, 1.82) is 0 Å². The summed E-state index contributed by atoms with van der Waals surface area (Å²) in [5, 5.41) is 19.4. The molecule has 0 aromatic heterocycles. The molecule has 88 valence electrons. The minimum atomic E-state index is 0.248. The number of aliphatic hydroxyl groups excluding tert-OH is 1. The second kappa shape index (κ2) is 5.04. The summed E-state index contributed by atoms with van der Waals surface area (Å²) in [6.07, 6.45) is 1.03. The van der Waals surface area contributed by atoms with E-state index >= 15 is 0 Å². The molecule has 1 aromatic carbocycles. The van der Waals surface area contributed by atoms with E-state index in [2.05, 4.69) is 4.90 Å². The Balaban J connectivity index is 2.01. The van der Waals surface area contributed by atoms with E-state index in [9.17, 15) is 5.11 Å². The summed E-state index contributed by atoms with van der Waals surface area (Å²) < 4.78 is 0. The molecule has 3 nitrogen and oxygen atoms in total. The Bertz CT molecular complexity index is 370. The van der Waals surface area contributed by atoms with Gasteiger partial charge in [0.05, 0.1) is 0 Å². The third-order valence-electron chi connectivity index (χ3n) is 3.06. The van der Waals surface area contributed by atoms with Gasteiger partial charge in [0.15, 0.2) is 0 Å². The second-order valence-electron chi connectivity index (χ2n) is 4.35. The lowest BCUT2D eigenvalue weighted by Crippen LogP contribution is -2.21. The Kier molecular flexibility index (Phi) is 3.69. The number of aromatic hydroxyl groups is 1. The summed E-state index contributed by atoms with van der Waals surface area (Å²) in [4.78, 5) is 2.23. The number of likely N-dealkylation sites (tertiary alicyclic amines) is 1. The molecule has 0 saturated carbocycles. The number of hydrogen-bond donors (Lipinski definition) is 2. The molecule has 2 rings (SSSR count). The van der Waals surface area contributed by atoms with E-state index in [0.717, 1.165) is 25.1 Å². The van der Waals surface area contributed by atoms with Gasteiger partial charge in [-0.2, -0.15) is 0 Å². The van der Waals surface area contributed by atoms with Crippen LogP contribution < -0.4 is 0 Å². The summed E-state index contributed by atoms with van der Waals surface area (Å²) in [5.41, 5.74) is 0.853. The van der Waals surface area contributed by atoms with Crippen LogP contribution in [0.1, 0.15) is 12.0 Å². The van der Waals surface area contributed by atoms with Crippen LogP contribution in [0.25, 0.3) is 0 Å². The molecule has 0 spiro atoms. The molecular formula is C12H16ClNO2. The molecule has 0 radical (unpaired) electrons. The van der Waals surface area contributed by atoms with Crippen molar-refractivity contribution in [3.63, 3.8) is 0 Å². The van der Waals surface area contributed by atoms with Crippen molar-refractivity contribution in [3.05, 3.63) is 28.8 Å². The fraction of sp³-hybridized carbons (Fsp3) is 0.500. The first-order chi connectivity index (χ1) is 7.69. The van der Waals surface area contributed by atoms with Crippen molar-refractivity contribution < 1.29 is 10.2 Å². The average Bonchev–Trinajstić information content (AvgIpc) is 2.71. The highest BCUT2D eigenvalue weighted by molar-refractivity contribution is 6.30. The highest BCUT2D eigenvalue weighted by Gasteiger charge is 2.22. The predicted octanol–water partition coefficient (Wildman–Crippen LogP) is 1.86. The van der Waals surface area contributed by atoms with Gasteiger partial charge in [0.1, 0.15) is 5.75 Å². The van der Waals surface area contributed by atoms with Crippen LogP contribution in [0.2, 0.25) is 5.02 Å².